The Morgan fingerprint density at radius 2 is 1.76 bits per heavy atom. The van der Waals surface area contributed by atoms with Crippen molar-refractivity contribution < 1.29 is 23.5 Å². The summed E-state index contributed by atoms with van der Waals surface area (Å²) in [7, 11) is 1.47. The van der Waals surface area contributed by atoms with Crippen molar-refractivity contribution in [3.05, 3.63) is 83.1 Å². The number of halogens is 2. The zero-order valence-corrected chi connectivity index (χ0v) is 19.7. The van der Waals surface area contributed by atoms with Gasteiger partial charge in [0.15, 0.2) is 18.1 Å². The number of thioether (sulfide) groups is 1. The van der Waals surface area contributed by atoms with E-state index in [9.17, 15) is 14.0 Å². The Bertz CT molecular complexity index is 1160. The summed E-state index contributed by atoms with van der Waals surface area (Å²) in [5.41, 5.74) is 3.59. The van der Waals surface area contributed by atoms with Crippen molar-refractivity contribution in [2.24, 2.45) is 5.10 Å². The summed E-state index contributed by atoms with van der Waals surface area (Å²) in [5, 5.41) is 7.20. The van der Waals surface area contributed by atoms with Crippen LogP contribution in [0.5, 0.6) is 11.5 Å². The Morgan fingerprint density at radius 3 is 2.47 bits per heavy atom. The summed E-state index contributed by atoms with van der Waals surface area (Å²) in [5.74, 6) is -0.0945. The molecule has 3 aromatic rings. The van der Waals surface area contributed by atoms with Gasteiger partial charge in [-0.2, -0.15) is 5.10 Å². The SMILES string of the molecule is COc1cc(/C=N\NC(=O)CSc2ccc(Cl)cc2)ccc1OCC(=O)Nc1ccc(F)cc1. The van der Waals surface area contributed by atoms with Gasteiger partial charge in [0.05, 0.1) is 19.1 Å². The Labute approximate surface area is 205 Å². The van der Waals surface area contributed by atoms with Crippen LogP contribution >= 0.6 is 23.4 Å². The summed E-state index contributed by atoms with van der Waals surface area (Å²) in [6.07, 6.45) is 1.47. The molecule has 0 heterocycles. The second kappa shape index (κ2) is 12.6. The number of hydrazone groups is 1. The van der Waals surface area contributed by atoms with Crippen molar-refractivity contribution in [2.75, 3.05) is 24.8 Å². The Balaban J connectivity index is 1.48. The van der Waals surface area contributed by atoms with Crippen molar-refractivity contribution in [3.8, 4) is 11.5 Å². The number of rotatable bonds is 10. The number of anilines is 1. The van der Waals surface area contributed by atoms with E-state index in [1.807, 2.05) is 12.1 Å². The molecule has 0 saturated carbocycles. The van der Waals surface area contributed by atoms with Gasteiger partial charge in [0, 0.05) is 15.6 Å². The maximum absolute atomic E-state index is 13.0. The first-order chi connectivity index (χ1) is 16.4. The lowest BCUT2D eigenvalue weighted by atomic mass is 10.2. The predicted molar refractivity (Wildman–Crippen MR) is 131 cm³/mol. The third kappa shape index (κ3) is 8.09. The lowest BCUT2D eigenvalue weighted by Gasteiger charge is -2.11. The van der Waals surface area contributed by atoms with Gasteiger partial charge in [0.25, 0.3) is 5.91 Å². The fraction of sp³-hybridized carbons (Fsp3) is 0.125. The number of hydrogen-bond acceptors (Lipinski definition) is 6. The quantitative estimate of drug-likeness (QED) is 0.238. The molecule has 3 rings (SSSR count). The van der Waals surface area contributed by atoms with Crippen LogP contribution in [0.4, 0.5) is 10.1 Å². The molecule has 10 heteroatoms. The van der Waals surface area contributed by atoms with Gasteiger partial charge in [0.1, 0.15) is 5.82 Å². The molecule has 0 fully saturated rings. The van der Waals surface area contributed by atoms with Crippen molar-refractivity contribution in [1.82, 2.24) is 5.43 Å². The minimum atomic E-state index is -0.404. The van der Waals surface area contributed by atoms with E-state index >= 15 is 0 Å². The fourth-order valence-electron chi connectivity index (χ4n) is 2.65. The normalized spacial score (nSPS) is 10.7. The van der Waals surface area contributed by atoms with Gasteiger partial charge < -0.3 is 14.8 Å². The minimum Gasteiger partial charge on any atom is -0.493 e. The number of nitrogens with zero attached hydrogens (tertiary/aromatic N) is 1. The lowest BCUT2D eigenvalue weighted by molar-refractivity contribution is -0.119. The number of nitrogens with one attached hydrogen (secondary N) is 2. The van der Waals surface area contributed by atoms with Crippen LogP contribution in [-0.2, 0) is 9.59 Å². The van der Waals surface area contributed by atoms with E-state index in [4.69, 9.17) is 21.1 Å². The number of carbonyl (C=O) groups is 2. The molecular weight excluding hydrogens is 481 g/mol. The number of methoxy groups -OCH3 is 1. The molecule has 0 aliphatic rings. The van der Waals surface area contributed by atoms with Gasteiger partial charge in [-0.15, -0.1) is 11.8 Å². The molecule has 2 N–H and O–H groups in total. The van der Waals surface area contributed by atoms with Crippen LogP contribution in [0.25, 0.3) is 0 Å². The molecule has 0 aromatic heterocycles. The molecule has 0 spiro atoms. The Kier molecular flexibility index (Phi) is 9.30. The van der Waals surface area contributed by atoms with Crippen LogP contribution in [0, 0.1) is 5.82 Å². The predicted octanol–water partition coefficient (Wildman–Crippen LogP) is 4.75. The van der Waals surface area contributed by atoms with Crippen LogP contribution in [0.15, 0.2) is 76.7 Å². The number of amides is 2. The zero-order valence-electron chi connectivity index (χ0n) is 18.1. The van der Waals surface area contributed by atoms with Crippen LogP contribution in [0.2, 0.25) is 5.02 Å². The van der Waals surface area contributed by atoms with E-state index in [0.29, 0.717) is 27.8 Å². The highest BCUT2D eigenvalue weighted by atomic mass is 35.5. The van der Waals surface area contributed by atoms with E-state index in [0.717, 1.165) is 4.90 Å². The first kappa shape index (κ1) is 25.1. The second-order valence-corrected chi connectivity index (χ2v) is 8.28. The van der Waals surface area contributed by atoms with E-state index in [1.54, 1.807) is 30.3 Å². The highest BCUT2D eigenvalue weighted by Crippen LogP contribution is 2.27. The molecule has 2 amide bonds. The van der Waals surface area contributed by atoms with Gasteiger partial charge >= 0.3 is 0 Å². The summed E-state index contributed by atoms with van der Waals surface area (Å²) >= 11 is 7.22. The van der Waals surface area contributed by atoms with E-state index in [2.05, 4.69) is 15.8 Å². The van der Waals surface area contributed by atoms with Gasteiger partial charge in [0.2, 0.25) is 5.91 Å². The molecule has 3 aromatic carbocycles. The number of benzene rings is 3. The van der Waals surface area contributed by atoms with Crippen molar-refractivity contribution in [1.29, 1.82) is 0 Å². The average molecular weight is 502 g/mol. The first-order valence-corrected chi connectivity index (χ1v) is 11.4. The minimum absolute atomic E-state index is 0.203. The Morgan fingerprint density at radius 1 is 1.03 bits per heavy atom. The van der Waals surface area contributed by atoms with E-state index < -0.39 is 5.91 Å². The van der Waals surface area contributed by atoms with Gasteiger partial charge in [-0.1, -0.05) is 11.6 Å². The molecule has 0 unspecified atom stereocenters. The van der Waals surface area contributed by atoms with E-state index in [1.165, 1.54) is 49.4 Å². The molecule has 0 radical (unpaired) electrons. The van der Waals surface area contributed by atoms with Crippen LogP contribution in [0.1, 0.15) is 5.56 Å². The zero-order chi connectivity index (χ0) is 24.3. The summed E-state index contributed by atoms with van der Waals surface area (Å²) < 4.78 is 23.8. The summed E-state index contributed by atoms with van der Waals surface area (Å²) in [6.45, 7) is -0.261. The largest absolute Gasteiger partial charge is 0.493 e. The lowest BCUT2D eigenvalue weighted by Crippen LogP contribution is -2.20. The molecule has 0 bridgehead atoms. The van der Waals surface area contributed by atoms with E-state index in [-0.39, 0.29) is 24.1 Å². The standard InChI is InChI=1S/C24H21ClFN3O4S/c1-32-22-12-16(13-27-29-24(31)15-34-20-9-3-17(25)4-10-20)2-11-21(22)33-14-23(30)28-19-7-5-18(26)6-8-19/h2-13H,14-15H2,1H3,(H,28,30)(H,29,31)/b27-13-. The van der Waals surface area contributed by atoms with Crippen molar-refractivity contribution >= 4 is 47.1 Å². The molecule has 0 aliphatic heterocycles. The first-order valence-electron chi connectivity index (χ1n) is 9.99. The third-order valence-corrected chi connectivity index (χ3v) is 5.52. The molecular formula is C24H21ClFN3O4S. The monoisotopic (exact) mass is 501 g/mol. The smallest absolute Gasteiger partial charge is 0.262 e. The molecule has 0 atom stereocenters. The average Bonchev–Trinajstić information content (AvgIpc) is 2.84. The summed E-state index contributed by atoms with van der Waals surface area (Å²) in [4.78, 5) is 25.0. The highest BCUT2D eigenvalue weighted by Gasteiger charge is 2.09. The highest BCUT2D eigenvalue weighted by molar-refractivity contribution is 8.00. The van der Waals surface area contributed by atoms with Crippen LogP contribution in [-0.4, -0.2) is 37.5 Å². The number of hydrogen-bond donors (Lipinski definition) is 2. The Hall–Kier alpha value is -3.56. The van der Waals surface area contributed by atoms with Crippen molar-refractivity contribution in [3.63, 3.8) is 0 Å². The van der Waals surface area contributed by atoms with Crippen LogP contribution < -0.4 is 20.2 Å². The van der Waals surface area contributed by atoms with Gasteiger partial charge in [-0.3, -0.25) is 9.59 Å². The molecule has 34 heavy (non-hydrogen) atoms. The van der Waals surface area contributed by atoms with Gasteiger partial charge in [-0.05, 0) is 72.3 Å². The second-order valence-electron chi connectivity index (χ2n) is 6.79. The maximum Gasteiger partial charge on any atom is 0.262 e. The van der Waals surface area contributed by atoms with Crippen molar-refractivity contribution in [2.45, 2.75) is 4.90 Å². The molecule has 0 saturated heterocycles. The topological polar surface area (TPSA) is 89.0 Å². The molecule has 0 aliphatic carbocycles. The van der Waals surface area contributed by atoms with Gasteiger partial charge in [-0.25, -0.2) is 9.82 Å². The maximum atomic E-state index is 13.0. The number of carbonyl (C=O) groups excluding carboxylic acids is 2. The summed E-state index contributed by atoms with van der Waals surface area (Å²) in [6, 6.07) is 17.6. The number of ether oxygens (including phenoxy) is 2. The third-order valence-electron chi connectivity index (χ3n) is 4.26. The molecule has 7 nitrogen and oxygen atoms in total. The fourth-order valence-corrected chi connectivity index (χ4v) is 3.46. The van der Waals surface area contributed by atoms with Crippen LogP contribution in [0.3, 0.4) is 0 Å². The molecule has 176 valence electrons.